The minimum absolute atomic E-state index is 0.0964. The van der Waals surface area contributed by atoms with Crippen LogP contribution in [0.2, 0.25) is 10.0 Å². The number of H-pyrrole nitrogens is 1. The zero-order valence-corrected chi connectivity index (χ0v) is 15.1. The van der Waals surface area contributed by atoms with Crippen molar-refractivity contribution in [1.29, 1.82) is 0 Å². The quantitative estimate of drug-likeness (QED) is 0.610. The van der Waals surface area contributed by atoms with Crippen LogP contribution in [0.15, 0.2) is 42.5 Å². The Hall–Kier alpha value is -2.50. The summed E-state index contributed by atoms with van der Waals surface area (Å²) in [5, 5.41) is 7.26. The monoisotopic (exact) mass is 387 g/mol. The summed E-state index contributed by atoms with van der Waals surface area (Å²) >= 11 is 12.3. The number of nitrogens with one attached hydrogen (secondary N) is 3. The first-order chi connectivity index (χ1) is 12.5. The molecule has 0 spiro atoms. The molecule has 3 N–H and O–H groups in total. The molecule has 0 radical (unpaired) electrons. The molecule has 1 aliphatic rings. The van der Waals surface area contributed by atoms with Crippen LogP contribution in [0.5, 0.6) is 0 Å². The normalized spacial score (nSPS) is 13.6. The molecule has 5 nitrogen and oxygen atoms in total. The maximum atomic E-state index is 12.5. The first-order valence-corrected chi connectivity index (χ1v) is 8.96. The molecular formula is C19H15Cl2N3O2. The molecule has 0 aliphatic heterocycles. The van der Waals surface area contributed by atoms with E-state index in [4.69, 9.17) is 23.2 Å². The summed E-state index contributed by atoms with van der Waals surface area (Å²) in [6.07, 6.45) is 2.08. The highest BCUT2D eigenvalue weighted by Gasteiger charge is 2.23. The first kappa shape index (κ1) is 16.9. The number of hydrogen-bond donors (Lipinski definition) is 3. The van der Waals surface area contributed by atoms with Crippen molar-refractivity contribution < 1.29 is 9.59 Å². The second kappa shape index (κ2) is 6.67. The molecule has 0 unspecified atom stereocenters. The number of rotatable bonds is 4. The van der Waals surface area contributed by atoms with Gasteiger partial charge < -0.3 is 15.6 Å². The predicted octanol–water partition coefficient (Wildman–Crippen LogP) is 4.62. The Morgan fingerprint density at radius 3 is 2.42 bits per heavy atom. The fraction of sp³-hybridized carbons (Fsp3) is 0.158. The third kappa shape index (κ3) is 3.41. The second-order valence-electron chi connectivity index (χ2n) is 6.28. The molecule has 26 heavy (non-hydrogen) atoms. The minimum Gasteiger partial charge on any atom is -0.349 e. The molecular weight excluding hydrogens is 373 g/mol. The largest absolute Gasteiger partial charge is 0.349 e. The van der Waals surface area contributed by atoms with Crippen LogP contribution in [0.1, 0.15) is 33.7 Å². The van der Waals surface area contributed by atoms with Crippen molar-refractivity contribution in [3.8, 4) is 0 Å². The highest BCUT2D eigenvalue weighted by molar-refractivity contribution is 6.40. The Balaban J connectivity index is 1.51. The van der Waals surface area contributed by atoms with Crippen LogP contribution in [-0.2, 0) is 0 Å². The SMILES string of the molecule is O=C(NC1CC1)c1ccc(NC(=O)c2[nH]c3ccc(Cl)cc3c2Cl)cc1. The van der Waals surface area contributed by atoms with Crippen LogP contribution >= 0.6 is 23.2 Å². The molecule has 2 aromatic carbocycles. The van der Waals surface area contributed by atoms with Crippen molar-refractivity contribution in [3.05, 3.63) is 63.8 Å². The van der Waals surface area contributed by atoms with Gasteiger partial charge in [-0.3, -0.25) is 9.59 Å². The van der Waals surface area contributed by atoms with E-state index >= 15 is 0 Å². The van der Waals surface area contributed by atoms with Gasteiger partial charge in [0.1, 0.15) is 5.69 Å². The highest BCUT2D eigenvalue weighted by atomic mass is 35.5. The van der Waals surface area contributed by atoms with Crippen molar-refractivity contribution in [2.75, 3.05) is 5.32 Å². The van der Waals surface area contributed by atoms with Crippen LogP contribution in [0.25, 0.3) is 10.9 Å². The maximum Gasteiger partial charge on any atom is 0.273 e. The highest BCUT2D eigenvalue weighted by Crippen LogP contribution is 2.30. The molecule has 0 atom stereocenters. The lowest BCUT2D eigenvalue weighted by atomic mass is 10.2. The number of amides is 2. The van der Waals surface area contributed by atoms with E-state index in [0.717, 1.165) is 18.4 Å². The van der Waals surface area contributed by atoms with E-state index in [2.05, 4.69) is 15.6 Å². The Morgan fingerprint density at radius 2 is 1.73 bits per heavy atom. The van der Waals surface area contributed by atoms with Gasteiger partial charge in [-0.2, -0.15) is 0 Å². The zero-order chi connectivity index (χ0) is 18.3. The van der Waals surface area contributed by atoms with Gasteiger partial charge in [-0.05, 0) is 55.3 Å². The van der Waals surface area contributed by atoms with Gasteiger partial charge in [-0.25, -0.2) is 0 Å². The van der Waals surface area contributed by atoms with Gasteiger partial charge in [0.2, 0.25) is 0 Å². The molecule has 0 saturated heterocycles. The minimum atomic E-state index is -0.363. The molecule has 132 valence electrons. The molecule has 4 rings (SSSR count). The summed E-state index contributed by atoms with van der Waals surface area (Å²) in [5.41, 5.74) is 2.13. The van der Waals surface area contributed by atoms with E-state index in [1.165, 1.54) is 0 Å². The Labute approximate surface area is 159 Å². The second-order valence-corrected chi connectivity index (χ2v) is 7.10. The van der Waals surface area contributed by atoms with E-state index in [9.17, 15) is 9.59 Å². The standard InChI is InChI=1S/C19H15Cl2N3O2/c20-11-3-8-15-14(9-11)16(21)17(24-15)19(26)23-12-4-1-10(2-5-12)18(25)22-13-6-7-13/h1-5,8-9,13,24H,6-7H2,(H,22,25)(H,23,26). The van der Waals surface area contributed by atoms with Crippen molar-refractivity contribution in [2.24, 2.45) is 0 Å². The number of anilines is 1. The van der Waals surface area contributed by atoms with Crippen LogP contribution in [0.3, 0.4) is 0 Å². The summed E-state index contributed by atoms with van der Waals surface area (Å²) < 4.78 is 0. The summed E-state index contributed by atoms with van der Waals surface area (Å²) in [6, 6.07) is 12.2. The molecule has 7 heteroatoms. The Kier molecular flexibility index (Phi) is 4.34. The first-order valence-electron chi connectivity index (χ1n) is 8.20. The summed E-state index contributed by atoms with van der Waals surface area (Å²) in [7, 11) is 0. The van der Waals surface area contributed by atoms with E-state index in [0.29, 0.717) is 32.7 Å². The van der Waals surface area contributed by atoms with Gasteiger partial charge >= 0.3 is 0 Å². The van der Waals surface area contributed by atoms with Crippen molar-refractivity contribution in [2.45, 2.75) is 18.9 Å². The van der Waals surface area contributed by atoms with E-state index < -0.39 is 0 Å². The van der Waals surface area contributed by atoms with Gasteiger partial charge in [0.05, 0.1) is 5.02 Å². The van der Waals surface area contributed by atoms with Crippen molar-refractivity contribution in [3.63, 3.8) is 0 Å². The van der Waals surface area contributed by atoms with Gasteiger partial charge in [0.25, 0.3) is 11.8 Å². The Morgan fingerprint density at radius 1 is 1.00 bits per heavy atom. The lowest BCUT2D eigenvalue weighted by Crippen LogP contribution is -2.25. The smallest absolute Gasteiger partial charge is 0.273 e. The van der Waals surface area contributed by atoms with Crippen molar-refractivity contribution >= 4 is 51.6 Å². The Bertz CT molecular complexity index is 1010. The lowest BCUT2D eigenvalue weighted by molar-refractivity contribution is 0.0950. The van der Waals surface area contributed by atoms with Gasteiger partial charge in [-0.15, -0.1) is 0 Å². The van der Waals surface area contributed by atoms with Crippen LogP contribution in [-0.4, -0.2) is 22.8 Å². The molecule has 1 aliphatic carbocycles. The molecule has 1 heterocycles. The van der Waals surface area contributed by atoms with E-state index in [1.54, 1.807) is 42.5 Å². The number of carbonyl (C=O) groups excluding carboxylic acids is 2. The number of benzene rings is 2. The topological polar surface area (TPSA) is 74.0 Å². The molecule has 0 bridgehead atoms. The lowest BCUT2D eigenvalue weighted by Gasteiger charge is -2.06. The molecule has 1 saturated carbocycles. The van der Waals surface area contributed by atoms with Crippen LogP contribution in [0.4, 0.5) is 5.69 Å². The average Bonchev–Trinajstić information content (AvgIpc) is 3.38. The zero-order valence-electron chi connectivity index (χ0n) is 13.6. The third-order valence-corrected chi connectivity index (χ3v) is 4.87. The van der Waals surface area contributed by atoms with Gasteiger partial charge in [-0.1, -0.05) is 23.2 Å². The van der Waals surface area contributed by atoms with Gasteiger partial charge in [0.15, 0.2) is 0 Å². The molecule has 1 aromatic heterocycles. The molecule has 2 amide bonds. The number of hydrogen-bond acceptors (Lipinski definition) is 2. The third-order valence-electron chi connectivity index (χ3n) is 4.24. The van der Waals surface area contributed by atoms with Crippen molar-refractivity contribution in [1.82, 2.24) is 10.3 Å². The number of carbonyl (C=O) groups is 2. The van der Waals surface area contributed by atoms with E-state index in [-0.39, 0.29) is 17.5 Å². The number of aromatic nitrogens is 1. The number of aromatic amines is 1. The summed E-state index contributed by atoms with van der Waals surface area (Å²) in [5.74, 6) is -0.460. The fourth-order valence-electron chi connectivity index (χ4n) is 2.68. The summed E-state index contributed by atoms with van der Waals surface area (Å²) in [6.45, 7) is 0. The number of halogens is 2. The molecule has 1 fully saturated rings. The average molecular weight is 388 g/mol. The van der Waals surface area contributed by atoms with E-state index in [1.807, 2.05) is 0 Å². The molecule has 3 aromatic rings. The predicted molar refractivity (Wildman–Crippen MR) is 103 cm³/mol. The fourth-order valence-corrected chi connectivity index (χ4v) is 3.14. The maximum absolute atomic E-state index is 12.5. The number of fused-ring (bicyclic) bond motifs is 1. The summed E-state index contributed by atoms with van der Waals surface area (Å²) in [4.78, 5) is 27.5. The van der Waals surface area contributed by atoms with Crippen LogP contribution < -0.4 is 10.6 Å². The van der Waals surface area contributed by atoms with Gasteiger partial charge in [0, 0.05) is 33.2 Å². The van der Waals surface area contributed by atoms with Crippen LogP contribution in [0, 0.1) is 0 Å².